The van der Waals surface area contributed by atoms with Gasteiger partial charge in [0.2, 0.25) is 0 Å². The molecule has 2 rings (SSSR count). The lowest BCUT2D eigenvalue weighted by atomic mass is 10.1. The fraction of sp³-hybridized carbons (Fsp3) is 0.214. The van der Waals surface area contributed by atoms with Gasteiger partial charge in [0.05, 0.1) is 17.2 Å². The van der Waals surface area contributed by atoms with Crippen LogP contribution in [0.5, 0.6) is 5.75 Å². The zero-order valence-electron chi connectivity index (χ0n) is 11.6. The zero-order chi connectivity index (χ0) is 15.6. The highest BCUT2D eigenvalue weighted by Gasteiger charge is 2.21. The summed E-state index contributed by atoms with van der Waals surface area (Å²) in [5.74, 6) is -1.09. The van der Waals surface area contributed by atoms with Crippen LogP contribution in [0.15, 0.2) is 41.6 Å². The van der Waals surface area contributed by atoms with E-state index in [0.717, 1.165) is 12.3 Å². The van der Waals surface area contributed by atoms with Gasteiger partial charge in [0, 0.05) is 18.6 Å². The molecule has 0 aliphatic rings. The Labute approximate surface area is 122 Å². The van der Waals surface area contributed by atoms with E-state index in [1.54, 1.807) is 31.5 Å². The quantitative estimate of drug-likeness (QED) is 0.870. The van der Waals surface area contributed by atoms with E-state index in [4.69, 9.17) is 4.74 Å². The monoisotopic (exact) mass is 309 g/mol. The van der Waals surface area contributed by atoms with Crippen LogP contribution in [0.3, 0.4) is 0 Å². The molecule has 0 aliphatic carbocycles. The number of hydrogen-bond acceptors (Lipinski definition) is 5. The molecule has 0 aliphatic heterocycles. The highest BCUT2D eigenvalue weighted by atomic mass is 32.2. The van der Waals surface area contributed by atoms with Crippen molar-refractivity contribution in [2.45, 2.75) is 11.8 Å². The molecule has 0 saturated carbocycles. The largest absolute Gasteiger partial charge is 0.505 e. The number of aromatic hydroxyl groups is 1. The Morgan fingerprint density at radius 2 is 1.90 bits per heavy atom. The molecule has 0 bridgehead atoms. The lowest BCUT2D eigenvalue weighted by Gasteiger charge is -2.12. The average molecular weight is 309 g/mol. The van der Waals surface area contributed by atoms with Crippen LogP contribution in [0.1, 0.15) is 17.3 Å². The second-order valence-corrected chi connectivity index (χ2v) is 6.44. The number of nitrogens with zero attached hydrogens (tertiary/aromatic N) is 1. The fourth-order valence-electron chi connectivity index (χ4n) is 1.86. The van der Waals surface area contributed by atoms with Crippen LogP contribution in [-0.4, -0.2) is 36.9 Å². The number of aromatic nitrogens is 1. The Hall–Kier alpha value is -2.28. The molecule has 0 radical (unpaired) electrons. The van der Waals surface area contributed by atoms with E-state index in [1.165, 1.54) is 10.6 Å². The molecule has 21 heavy (non-hydrogen) atoms. The number of sulfone groups is 1. The molecule has 112 valence electrons. The van der Waals surface area contributed by atoms with Gasteiger partial charge in [-0.3, -0.25) is 0 Å². The minimum Gasteiger partial charge on any atom is -0.505 e. The predicted octanol–water partition coefficient (Wildman–Crippen LogP) is 1.76. The number of esters is 1. The molecule has 1 aromatic carbocycles. The first-order chi connectivity index (χ1) is 9.84. The number of ether oxygens (including phenoxy) is 1. The van der Waals surface area contributed by atoms with E-state index in [2.05, 4.69) is 0 Å². The van der Waals surface area contributed by atoms with Crippen molar-refractivity contribution >= 4 is 15.8 Å². The maximum atomic E-state index is 11.9. The second-order valence-electron chi connectivity index (χ2n) is 4.42. The third kappa shape index (κ3) is 3.08. The molecule has 0 atom stereocenters. The van der Waals surface area contributed by atoms with Crippen molar-refractivity contribution in [1.29, 1.82) is 0 Å². The molecule has 0 saturated heterocycles. The maximum absolute atomic E-state index is 11.9. The van der Waals surface area contributed by atoms with E-state index in [-0.39, 0.29) is 28.5 Å². The number of benzene rings is 1. The van der Waals surface area contributed by atoms with Crippen molar-refractivity contribution in [2.24, 2.45) is 0 Å². The third-order valence-electron chi connectivity index (χ3n) is 2.87. The highest BCUT2D eigenvalue weighted by molar-refractivity contribution is 7.90. The molecule has 6 nitrogen and oxygen atoms in total. The minimum atomic E-state index is -3.54. The van der Waals surface area contributed by atoms with Gasteiger partial charge >= 0.3 is 5.97 Å². The predicted molar refractivity (Wildman–Crippen MR) is 76.5 cm³/mol. The summed E-state index contributed by atoms with van der Waals surface area (Å²) < 4.78 is 29.9. The second kappa shape index (κ2) is 5.61. The molecule has 0 spiro atoms. The van der Waals surface area contributed by atoms with Crippen molar-refractivity contribution < 1.29 is 23.1 Å². The zero-order valence-corrected chi connectivity index (χ0v) is 12.4. The number of phenolic OH excluding ortho intramolecular Hbond substituents is 1. The van der Waals surface area contributed by atoms with Gasteiger partial charge < -0.3 is 14.4 Å². The van der Waals surface area contributed by atoms with E-state index < -0.39 is 15.8 Å². The van der Waals surface area contributed by atoms with Crippen molar-refractivity contribution in [3.05, 3.63) is 42.2 Å². The van der Waals surface area contributed by atoms with Crippen LogP contribution in [0, 0.1) is 0 Å². The summed E-state index contributed by atoms with van der Waals surface area (Å²) in [6, 6.07) is 5.87. The van der Waals surface area contributed by atoms with Gasteiger partial charge in [0.15, 0.2) is 15.6 Å². The Morgan fingerprint density at radius 1 is 1.29 bits per heavy atom. The smallest absolute Gasteiger partial charge is 0.342 e. The van der Waals surface area contributed by atoms with Crippen LogP contribution in [-0.2, 0) is 14.6 Å². The topological polar surface area (TPSA) is 85.6 Å². The molecule has 0 amide bonds. The first kappa shape index (κ1) is 15.1. The van der Waals surface area contributed by atoms with Crippen molar-refractivity contribution in [1.82, 2.24) is 4.57 Å². The van der Waals surface area contributed by atoms with Crippen molar-refractivity contribution in [3.8, 4) is 11.4 Å². The number of phenols is 1. The number of carbonyl (C=O) groups excluding carboxylic acids is 1. The highest BCUT2D eigenvalue weighted by Crippen LogP contribution is 2.30. The van der Waals surface area contributed by atoms with Gasteiger partial charge in [-0.15, -0.1) is 0 Å². The van der Waals surface area contributed by atoms with Crippen LogP contribution >= 0.6 is 0 Å². The van der Waals surface area contributed by atoms with Gasteiger partial charge in [-0.05, 0) is 31.2 Å². The van der Waals surface area contributed by atoms with Gasteiger partial charge in [0.1, 0.15) is 5.56 Å². The molecule has 2 aromatic rings. The van der Waals surface area contributed by atoms with E-state index >= 15 is 0 Å². The normalized spacial score (nSPS) is 11.3. The van der Waals surface area contributed by atoms with Gasteiger partial charge in [-0.2, -0.15) is 0 Å². The Bertz CT molecular complexity index is 763. The van der Waals surface area contributed by atoms with E-state index in [9.17, 15) is 18.3 Å². The minimum absolute atomic E-state index is 0.0629. The first-order valence-corrected chi connectivity index (χ1v) is 8.11. The summed E-state index contributed by atoms with van der Waals surface area (Å²) in [6.07, 6.45) is 4.31. The molecule has 7 heteroatoms. The Kier molecular flexibility index (Phi) is 4.04. The van der Waals surface area contributed by atoms with Crippen LogP contribution < -0.4 is 0 Å². The molecule has 1 N–H and O–H groups in total. The summed E-state index contributed by atoms with van der Waals surface area (Å²) in [6.45, 7) is 1.75. The van der Waals surface area contributed by atoms with Gasteiger partial charge in [0.25, 0.3) is 0 Å². The summed E-state index contributed by atoms with van der Waals surface area (Å²) in [7, 11) is -3.54. The van der Waals surface area contributed by atoms with Gasteiger partial charge in [-0.1, -0.05) is 0 Å². The van der Waals surface area contributed by atoms with Crippen molar-refractivity contribution in [3.63, 3.8) is 0 Å². The SMILES string of the molecule is CCOC(=O)c1cc(S(C)(=O)=O)cc(-n2cccc2)c1O. The maximum Gasteiger partial charge on any atom is 0.342 e. The fourth-order valence-corrected chi connectivity index (χ4v) is 2.52. The molecule has 1 aromatic heterocycles. The third-order valence-corrected chi connectivity index (χ3v) is 3.96. The van der Waals surface area contributed by atoms with Gasteiger partial charge in [-0.25, -0.2) is 13.2 Å². The summed E-state index contributed by atoms with van der Waals surface area (Å²) in [5, 5.41) is 10.2. The number of hydrogen-bond donors (Lipinski definition) is 1. The van der Waals surface area contributed by atoms with Crippen LogP contribution in [0.2, 0.25) is 0 Å². The molecular formula is C14H15NO5S. The molecule has 1 heterocycles. The number of rotatable bonds is 4. The summed E-state index contributed by atoms with van der Waals surface area (Å²) in [5.41, 5.74) is 0.0226. The summed E-state index contributed by atoms with van der Waals surface area (Å²) in [4.78, 5) is 11.8. The number of carbonyl (C=O) groups is 1. The summed E-state index contributed by atoms with van der Waals surface area (Å²) >= 11 is 0. The van der Waals surface area contributed by atoms with E-state index in [0.29, 0.717) is 0 Å². The Balaban J connectivity index is 2.71. The molecule has 0 fully saturated rings. The standard InChI is InChI=1S/C14H15NO5S/c1-3-20-14(17)11-8-10(21(2,18)19)9-12(13(11)16)15-6-4-5-7-15/h4-9,16H,3H2,1-2H3. The van der Waals surface area contributed by atoms with Crippen LogP contribution in [0.25, 0.3) is 5.69 Å². The van der Waals surface area contributed by atoms with E-state index in [1.807, 2.05) is 0 Å². The lowest BCUT2D eigenvalue weighted by molar-refractivity contribution is 0.0522. The molecule has 0 unspecified atom stereocenters. The average Bonchev–Trinajstić information content (AvgIpc) is 2.91. The Morgan fingerprint density at radius 3 is 2.43 bits per heavy atom. The first-order valence-electron chi connectivity index (χ1n) is 6.22. The molecular weight excluding hydrogens is 294 g/mol. The van der Waals surface area contributed by atoms with Crippen LogP contribution in [0.4, 0.5) is 0 Å². The lowest BCUT2D eigenvalue weighted by Crippen LogP contribution is -2.09. The van der Waals surface area contributed by atoms with Crippen molar-refractivity contribution in [2.75, 3.05) is 12.9 Å².